The standard InChI is InChI=1S/C20H19FN2O5S3/c1-29-8-7-23-15-10-16-17(28-12-27-16)11-18(15)30-20(23)22-19(24)6-9-31(25,26)14-4-2-13(21)3-5-14/h2-5,10-11H,6-9,12H2,1H3. The van der Waals surface area contributed by atoms with Crippen molar-refractivity contribution in [2.75, 3.05) is 24.6 Å². The summed E-state index contributed by atoms with van der Waals surface area (Å²) in [5, 5.41) is 0. The van der Waals surface area contributed by atoms with Gasteiger partial charge in [0, 0.05) is 30.9 Å². The maximum Gasteiger partial charge on any atom is 0.249 e. The molecule has 1 aromatic heterocycles. The summed E-state index contributed by atoms with van der Waals surface area (Å²) in [5.41, 5.74) is 0.883. The van der Waals surface area contributed by atoms with E-state index < -0.39 is 27.3 Å². The molecule has 0 unspecified atom stereocenters. The van der Waals surface area contributed by atoms with Gasteiger partial charge in [0.2, 0.25) is 12.7 Å². The lowest BCUT2D eigenvalue weighted by molar-refractivity contribution is -0.117. The summed E-state index contributed by atoms with van der Waals surface area (Å²) in [4.78, 5) is 17.2. The highest BCUT2D eigenvalue weighted by molar-refractivity contribution is 7.98. The Hall–Kier alpha value is -2.37. The topological polar surface area (TPSA) is 87.0 Å². The average molecular weight is 483 g/mol. The van der Waals surface area contributed by atoms with Crippen LogP contribution in [-0.2, 0) is 21.2 Å². The summed E-state index contributed by atoms with van der Waals surface area (Å²) >= 11 is 3.01. The Morgan fingerprint density at radius 2 is 1.94 bits per heavy atom. The Morgan fingerprint density at radius 3 is 2.65 bits per heavy atom. The number of nitrogens with zero attached hydrogens (tertiary/aromatic N) is 2. The second kappa shape index (κ2) is 9.01. The molecule has 0 N–H and O–H groups in total. The summed E-state index contributed by atoms with van der Waals surface area (Å²) < 4.78 is 51.6. The van der Waals surface area contributed by atoms with Crippen molar-refractivity contribution in [3.8, 4) is 11.5 Å². The molecule has 31 heavy (non-hydrogen) atoms. The van der Waals surface area contributed by atoms with E-state index in [0.29, 0.717) is 22.8 Å². The molecule has 2 heterocycles. The van der Waals surface area contributed by atoms with E-state index in [1.807, 2.05) is 23.0 Å². The van der Waals surface area contributed by atoms with Crippen LogP contribution in [0.1, 0.15) is 6.42 Å². The zero-order valence-corrected chi connectivity index (χ0v) is 19.0. The van der Waals surface area contributed by atoms with Gasteiger partial charge >= 0.3 is 0 Å². The highest BCUT2D eigenvalue weighted by atomic mass is 32.2. The van der Waals surface area contributed by atoms with Gasteiger partial charge in [0.05, 0.1) is 20.9 Å². The lowest BCUT2D eigenvalue weighted by Gasteiger charge is -2.05. The molecule has 0 saturated carbocycles. The number of amides is 1. The zero-order chi connectivity index (χ0) is 22.0. The van der Waals surface area contributed by atoms with Crippen molar-refractivity contribution >= 4 is 49.1 Å². The molecular formula is C20H19FN2O5S3. The van der Waals surface area contributed by atoms with Crippen LogP contribution in [0, 0.1) is 5.82 Å². The molecule has 4 rings (SSSR count). The molecule has 0 fully saturated rings. The van der Waals surface area contributed by atoms with Crippen LogP contribution in [0.4, 0.5) is 4.39 Å². The first-order chi connectivity index (χ1) is 14.9. The molecule has 0 spiro atoms. The molecule has 1 aliphatic heterocycles. The highest BCUT2D eigenvalue weighted by Gasteiger charge is 2.19. The van der Waals surface area contributed by atoms with Crippen LogP contribution < -0.4 is 14.3 Å². The maximum absolute atomic E-state index is 13.0. The maximum atomic E-state index is 13.0. The molecule has 0 aliphatic carbocycles. The number of hydrogen-bond acceptors (Lipinski definition) is 7. The fourth-order valence-corrected chi connectivity index (χ4v) is 5.77. The number of benzene rings is 2. The van der Waals surface area contributed by atoms with E-state index in [1.165, 1.54) is 23.5 Å². The van der Waals surface area contributed by atoms with E-state index in [2.05, 4.69) is 4.99 Å². The van der Waals surface area contributed by atoms with E-state index in [0.717, 1.165) is 28.1 Å². The Kier molecular flexibility index (Phi) is 6.35. The van der Waals surface area contributed by atoms with Crippen LogP contribution in [0.15, 0.2) is 46.3 Å². The number of thiazole rings is 1. The van der Waals surface area contributed by atoms with Crippen LogP contribution in [0.5, 0.6) is 11.5 Å². The molecule has 7 nitrogen and oxygen atoms in total. The van der Waals surface area contributed by atoms with Gasteiger partial charge in [-0.15, -0.1) is 0 Å². The van der Waals surface area contributed by atoms with Gasteiger partial charge in [-0.3, -0.25) is 4.79 Å². The minimum atomic E-state index is -3.71. The summed E-state index contributed by atoms with van der Waals surface area (Å²) in [6, 6.07) is 8.28. The molecule has 164 valence electrons. The number of fused-ring (bicyclic) bond motifs is 2. The van der Waals surface area contributed by atoms with Gasteiger partial charge in [-0.1, -0.05) is 11.3 Å². The van der Waals surface area contributed by atoms with E-state index in [1.54, 1.807) is 11.8 Å². The number of hydrogen-bond donors (Lipinski definition) is 0. The number of aromatic nitrogens is 1. The number of ether oxygens (including phenoxy) is 2. The molecule has 0 saturated heterocycles. The molecule has 2 aromatic carbocycles. The number of rotatable bonds is 7. The molecule has 11 heteroatoms. The summed E-state index contributed by atoms with van der Waals surface area (Å²) in [5.74, 6) is 0.662. The van der Waals surface area contributed by atoms with Gasteiger partial charge < -0.3 is 14.0 Å². The van der Waals surface area contributed by atoms with E-state index in [4.69, 9.17) is 9.47 Å². The van der Waals surface area contributed by atoms with Crippen LogP contribution in [0.2, 0.25) is 0 Å². The van der Waals surface area contributed by atoms with Crippen molar-refractivity contribution in [1.82, 2.24) is 4.57 Å². The second-order valence-electron chi connectivity index (χ2n) is 6.73. The summed E-state index contributed by atoms with van der Waals surface area (Å²) in [6.45, 7) is 0.816. The summed E-state index contributed by atoms with van der Waals surface area (Å²) in [6.07, 6.45) is 1.73. The van der Waals surface area contributed by atoms with Crippen molar-refractivity contribution in [1.29, 1.82) is 0 Å². The first-order valence-electron chi connectivity index (χ1n) is 9.35. The van der Waals surface area contributed by atoms with Gasteiger partial charge in [0.25, 0.3) is 0 Å². The monoisotopic (exact) mass is 482 g/mol. The quantitative estimate of drug-likeness (QED) is 0.481. The Labute approximate surface area is 186 Å². The molecule has 0 bridgehead atoms. The van der Waals surface area contributed by atoms with E-state index >= 15 is 0 Å². The highest BCUT2D eigenvalue weighted by Crippen LogP contribution is 2.37. The number of sulfone groups is 1. The van der Waals surface area contributed by atoms with E-state index in [-0.39, 0.29) is 18.1 Å². The fraction of sp³-hybridized carbons (Fsp3) is 0.300. The summed E-state index contributed by atoms with van der Waals surface area (Å²) in [7, 11) is -3.71. The molecule has 0 radical (unpaired) electrons. The Balaban J connectivity index is 1.60. The number of halogens is 1. The first kappa shape index (κ1) is 21.8. The normalized spacial score (nSPS) is 13.8. The van der Waals surface area contributed by atoms with Gasteiger partial charge in [-0.2, -0.15) is 16.8 Å². The van der Waals surface area contributed by atoms with Crippen LogP contribution >= 0.6 is 23.1 Å². The number of thioether (sulfide) groups is 1. The third kappa shape index (κ3) is 4.78. The minimum Gasteiger partial charge on any atom is -0.454 e. The van der Waals surface area contributed by atoms with E-state index in [9.17, 15) is 17.6 Å². The average Bonchev–Trinajstić information content (AvgIpc) is 3.33. The smallest absolute Gasteiger partial charge is 0.249 e. The fourth-order valence-electron chi connectivity index (χ4n) is 3.09. The number of aryl methyl sites for hydroxylation is 1. The van der Waals surface area contributed by atoms with Gasteiger partial charge in [-0.25, -0.2) is 12.8 Å². The van der Waals surface area contributed by atoms with Crippen molar-refractivity contribution < 1.29 is 27.1 Å². The molecule has 1 aliphatic rings. The van der Waals surface area contributed by atoms with Crippen LogP contribution in [0.3, 0.4) is 0 Å². The molecular weight excluding hydrogens is 463 g/mol. The minimum absolute atomic E-state index is 0.0203. The van der Waals surface area contributed by atoms with Crippen LogP contribution in [-0.4, -0.2) is 43.4 Å². The van der Waals surface area contributed by atoms with Crippen molar-refractivity contribution in [2.24, 2.45) is 4.99 Å². The number of carbonyl (C=O) groups is 1. The van der Waals surface area contributed by atoms with Crippen molar-refractivity contribution in [3.05, 3.63) is 47.0 Å². The van der Waals surface area contributed by atoms with Crippen molar-refractivity contribution in [2.45, 2.75) is 17.9 Å². The molecule has 0 atom stereocenters. The van der Waals surface area contributed by atoms with Crippen LogP contribution in [0.25, 0.3) is 10.2 Å². The Bertz CT molecular complexity index is 1300. The molecule has 3 aromatic rings. The second-order valence-corrected chi connectivity index (χ2v) is 10.8. The SMILES string of the molecule is CSCCn1c(=NC(=O)CCS(=O)(=O)c2ccc(F)cc2)sc2cc3c(cc21)OCO3. The third-order valence-electron chi connectivity index (χ3n) is 4.67. The number of carbonyl (C=O) groups excluding carboxylic acids is 1. The lowest BCUT2D eigenvalue weighted by atomic mass is 10.3. The van der Waals surface area contributed by atoms with Gasteiger partial charge in [0.1, 0.15) is 5.82 Å². The molecule has 1 amide bonds. The first-order valence-corrected chi connectivity index (χ1v) is 13.2. The third-order valence-corrected chi connectivity index (χ3v) is 8.04. The predicted molar refractivity (Wildman–Crippen MR) is 118 cm³/mol. The van der Waals surface area contributed by atoms with Crippen molar-refractivity contribution in [3.63, 3.8) is 0 Å². The zero-order valence-electron chi connectivity index (χ0n) is 16.5. The van der Waals surface area contributed by atoms with Gasteiger partial charge in [0.15, 0.2) is 26.1 Å². The van der Waals surface area contributed by atoms with Gasteiger partial charge in [-0.05, 0) is 30.5 Å². The predicted octanol–water partition coefficient (Wildman–Crippen LogP) is 3.22. The largest absolute Gasteiger partial charge is 0.454 e. The lowest BCUT2D eigenvalue weighted by Crippen LogP contribution is -2.19. The Morgan fingerprint density at radius 1 is 1.23 bits per heavy atom.